The number of nitrogens with zero attached hydrogens (tertiary/aromatic N) is 4. The summed E-state index contributed by atoms with van der Waals surface area (Å²) >= 11 is 0.937. The van der Waals surface area contributed by atoms with E-state index in [1.807, 2.05) is 0 Å². The fraction of sp³-hybridized carbons (Fsp3) is 0.692. The fourth-order valence-corrected chi connectivity index (χ4v) is 8.42. The second-order valence-corrected chi connectivity index (χ2v) is 18.7. The van der Waals surface area contributed by atoms with Crippen LogP contribution < -0.4 is 16.4 Å². The summed E-state index contributed by atoms with van der Waals surface area (Å²) in [5.74, 6) is -1.27. The summed E-state index contributed by atoms with van der Waals surface area (Å²) in [7, 11) is -16.4. The number of carbonyl (C=O) groups excluding carboxylic acids is 3. The molecule has 2 aromatic heterocycles. The van der Waals surface area contributed by atoms with Crippen LogP contribution in [0.5, 0.6) is 0 Å². The first-order chi connectivity index (χ1) is 25.2. The van der Waals surface area contributed by atoms with Gasteiger partial charge in [-0.2, -0.15) is 4.31 Å². The number of nitrogens with two attached hydrogens (primary N) is 1. The van der Waals surface area contributed by atoms with Crippen molar-refractivity contribution < 1.29 is 85.6 Å². The van der Waals surface area contributed by atoms with Gasteiger partial charge in [0.1, 0.15) is 36.3 Å². The maximum absolute atomic E-state index is 12.7. The van der Waals surface area contributed by atoms with Crippen LogP contribution in [0, 0.1) is 5.41 Å². The Morgan fingerprint density at radius 1 is 1.04 bits per heavy atom. The molecule has 0 spiro atoms. The Kier molecular flexibility index (Phi) is 16.1. The molecule has 55 heavy (non-hydrogen) atoms. The molecule has 0 aliphatic carbocycles. The van der Waals surface area contributed by atoms with Gasteiger partial charge in [-0.25, -0.2) is 28.6 Å². The van der Waals surface area contributed by atoms with Crippen LogP contribution in [-0.4, -0.2) is 133 Å². The number of amides is 2. The summed E-state index contributed by atoms with van der Waals surface area (Å²) in [6.45, 7) is 3.33. The van der Waals surface area contributed by atoms with Gasteiger partial charge in [0, 0.05) is 37.1 Å². The highest BCUT2D eigenvalue weighted by atomic mass is 32.2. The summed E-state index contributed by atoms with van der Waals surface area (Å²) in [5.41, 5.74) is 3.08. The van der Waals surface area contributed by atoms with Crippen molar-refractivity contribution in [2.45, 2.75) is 76.8 Å². The zero-order valence-corrected chi connectivity index (χ0v) is 33.2. The van der Waals surface area contributed by atoms with Crippen LogP contribution in [0.1, 0.15) is 46.8 Å². The largest absolute Gasteiger partial charge is 0.481 e. The van der Waals surface area contributed by atoms with Crippen molar-refractivity contribution in [3.05, 3.63) is 12.7 Å². The lowest BCUT2D eigenvalue weighted by Gasteiger charge is -2.30. The van der Waals surface area contributed by atoms with Gasteiger partial charge >= 0.3 is 23.5 Å². The molecule has 7 atom stereocenters. The summed E-state index contributed by atoms with van der Waals surface area (Å²) in [5, 5.41) is 35.7. The number of thioether (sulfide) groups is 1. The number of hydrogen-bond acceptors (Lipinski definition) is 19. The lowest BCUT2D eigenvalue weighted by Crippen LogP contribution is -2.46. The summed E-state index contributed by atoms with van der Waals surface area (Å²) in [6, 6.07) is 0. The van der Waals surface area contributed by atoms with E-state index in [0.29, 0.717) is 0 Å². The molecule has 2 unspecified atom stereocenters. The number of aliphatic hydroxyl groups excluding tert-OH is 2. The minimum Gasteiger partial charge on any atom is -0.390 e. The number of nitrogens with one attached hydrogen (secondary N) is 2. The molecule has 11 N–H and O–H groups in total. The fourth-order valence-electron chi connectivity index (χ4n) is 4.70. The van der Waals surface area contributed by atoms with Crippen molar-refractivity contribution in [2.24, 2.45) is 5.41 Å². The maximum Gasteiger partial charge on any atom is 0.481 e. The van der Waals surface area contributed by atoms with Crippen molar-refractivity contribution in [3.63, 3.8) is 0 Å². The number of aliphatic hydroxyl groups is 3. The number of carbonyl (C=O) groups is 3. The van der Waals surface area contributed by atoms with E-state index in [2.05, 4.69) is 34.4 Å². The van der Waals surface area contributed by atoms with Gasteiger partial charge in [-0.3, -0.25) is 32.5 Å². The van der Waals surface area contributed by atoms with E-state index >= 15 is 0 Å². The molecule has 0 radical (unpaired) electrons. The van der Waals surface area contributed by atoms with Crippen LogP contribution in [0.4, 0.5) is 5.82 Å². The smallest absolute Gasteiger partial charge is 0.390 e. The van der Waals surface area contributed by atoms with Gasteiger partial charge in [-0.15, -0.1) is 0 Å². The molecule has 1 fully saturated rings. The normalized spacial score (nSPS) is 22.2. The number of fused-ring (bicyclic) bond motifs is 1. The minimum absolute atomic E-state index is 0.0255. The topological polar surface area (TPSA) is 384 Å². The molecule has 29 heteroatoms. The highest BCUT2D eigenvalue weighted by molar-refractivity contribution is 8.13. The molecule has 0 bridgehead atoms. The van der Waals surface area contributed by atoms with E-state index < -0.39 is 90.2 Å². The molecule has 1 aliphatic heterocycles. The first-order valence-corrected chi connectivity index (χ1v) is 21.5. The van der Waals surface area contributed by atoms with Crippen molar-refractivity contribution in [1.82, 2.24) is 30.2 Å². The molecule has 3 rings (SSSR count). The van der Waals surface area contributed by atoms with Crippen LogP contribution in [-0.2, 0) is 50.7 Å². The number of rotatable bonds is 21. The molecule has 0 saturated carbocycles. The third-order valence-electron chi connectivity index (χ3n) is 7.34. The quantitative estimate of drug-likeness (QED) is 0.0522. The highest BCUT2D eigenvalue weighted by Crippen LogP contribution is 2.61. The SMILES string of the molecule is CC(C)(O)CC(=O)SCCNC(=O)CCNC(=O)[C@H](O)C(C)(C)COP(=O)(O)OP(=O)(O)OC[C@H]1O[C@@H](n2cnc3c(N)ncnc32)[C@H](O)[C@@H]1OP(=O)(O)O. The Morgan fingerprint density at radius 2 is 1.69 bits per heavy atom. The van der Waals surface area contributed by atoms with Crippen LogP contribution in [0.25, 0.3) is 11.2 Å². The monoisotopic (exact) mass is 867 g/mol. The Labute approximate surface area is 317 Å². The highest BCUT2D eigenvalue weighted by Gasteiger charge is 2.50. The molecule has 2 amide bonds. The van der Waals surface area contributed by atoms with Crippen molar-refractivity contribution in [2.75, 3.05) is 37.8 Å². The second-order valence-electron chi connectivity index (χ2n) is 13.3. The van der Waals surface area contributed by atoms with Gasteiger partial charge in [0.05, 0.1) is 25.1 Å². The molecule has 25 nitrogen and oxygen atoms in total. The lowest BCUT2D eigenvalue weighted by atomic mass is 9.87. The Balaban J connectivity index is 1.50. The first-order valence-electron chi connectivity index (χ1n) is 16.0. The predicted octanol–water partition coefficient (Wildman–Crippen LogP) is -1.17. The van der Waals surface area contributed by atoms with E-state index in [4.69, 9.17) is 19.5 Å². The molecule has 2 aromatic rings. The van der Waals surface area contributed by atoms with Gasteiger partial charge in [0.15, 0.2) is 22.8 Å². The number of nitrogen functional groups attached to an aromatic ring is 1. The van der Waals surface area contributed by atoms with E-state index in [1.54, 1.807) is 0 Å². The standard InChI is InChI=1S/C26H44N7O18P3S/c1-25(2,20(37)23(38)29-6-5-15(34)28-7-8-55-16(35)9-26(3,4)39)11-48-54(45,46)51-53(43,44)47-10-14-19(50-52(40,41)42)18(36)24(49-14)33-13-32-17-21(27)30-12-31-22(17)33/h12-14,18-20,24,36-37,39H,5-11H2,1-4H3,(H,28,34)(H,29,38)(H,43,44)(H,45,46)(H2,27,30,31)(H2,40,41,42)/t14-,18-,19-,20+,24-/m1/s1. The van der Waals surface area contributed by atoms with E-state index in [1.165, 1.54) is 27.7 Å². The second kappa shape index (κ2) is 18.9. The molecule has 3 heterocycles. The van der Waals surface area contributed by atoms with Gasteiger partial charge in [0.25, 0.3) is 0 Å². The molecular formula is C26H44N7O18P3S. The van der Waals surface area contributed by atoms with Crippen molar-refractivity contribution >= 4 is 69.1 Å². The van der Waals surface area contributed by atoms with E-state index in [9.17, 15) is 63.0 Å². The molecular weight excluding hydrogens is 823 g/mol. The number of hydrogen-bond donors (Lipinski definition) is 10. The lowest BCUT2D eigenvalue weighted by molar-refractivity contribution is -0.137. The average Bonchev–Trinajstić information content (AvgIpc) is 3.60. The number of anilines is 1. The summed E-state index contributed by atoms with van der Waals surface area (Å²) in [4.78, 5) is 87.2. The number of aromatic nitrogens is 4. The molecule has 0 aromatic carbocycles. The van der Waals surface area contributed by atoms with Crippen molar-refractivity contribution in [3.8, 4) is 0 Å². The third-order valence-corrected chi connectivity index (χ3v) is 11.3. The van der Waals surface area contributed by atoms with Crippen LogP contribution in [0.3, 0.4) is 0 Å². The molecule has 1 aliphatic rings. The van der Waals surface area contributed by atoms with Crippen LogP contribution >= 0.6 is 35.2 Å². The minimum atomic E-state index is -5.58. The summed E-state index contributed by atoms with van der Waals surface area (Å²) in [6.07, 6.45) is -7.06. The zero-order valence-electron chi connectivity index (χ0n) is 29.7. The molecule has 312 valence electrons. The van der Waals surface area contributed by atoms with Gasteiger partial charge in [0.2, 0.25) is 11.8 Å². The molecule has 1 saturated heterocycles. The first kappa shape index (κ1) is 46.9. The van der Waals surface area contributed by atoms with E-state index in [0.717, 1.165) is 29.0 Å². The number of phosphoric ester groups is 3. The van der Waals surface area contributed by atoms with Crippen LogP contribution in [0.15, 0.2) is 12.7 Å². The average molecular weight is 868 g/mol. The Bertz CT molecular complexity index is 1820. The van der Waals surface area contributed by atoms with Gasteiger partial charge < -0.3 is 56.0 Å². The number of ether oxygens (including phenoxy) is 1. The van der Waals surface area contributed by atoms with Gasteiger partial charge in [-0.1, -0.05) is 25.6 Å². The Hall–Kier alpha value is -2.48. The van der Waals surface area contributed by atoms with Crippen molar-refractivity contribution in [1.29, 1.82) is 0 Å². The zero-order chi connectivity index (χ0) is 41.6. The Morgan fingerprint density at radius 3 is 2.33 bits per heavy atom. The number of imidazole rings is 1. The van der Waals surface area contributed by atoms with E-state index in [-0.39, 0.29) is 53.8 Å². The predicted molar refractivity (Wildman–Crippen MR) is 188 cm³/mol. The van der Waals surface area contributed by atoms with Crippen LogP contribution in [0.2, 0.25) is 0 Å². The van der Waals surface area contributed by atoms with Gasteiger partial charge in [-0.05, 0) is 13.8 Å². The summed E-state index contributed by atoms with van der Waals surface area (Å²) < 4.78 is 62.0. The number of phosphoric acid groups is 3. The maximum atomic E-state index is 12.7. The third kappa shape index (κ3) is 14.8.